The lowest BCUT2D eigenvalue weighted by Gasteiger charge is -2.46. The van der Waals surface area contributed by atoms with Gasteiger partial charge < -0.3 is 34.3 Å². The van der Waals surface area contributed by atoms with Crippen molar-refractivity contribution in [3.8, 4) is 17.6 Å². The van der Waals surface area contributed by atoms with Gasteiger partial charge in [0.1, 0.15) is 29.9 Å². The van der Waals surface area contributed by atoms with Gasteiger partial charge >= 0.3 is 17.9 Å². The summed E-state index contributed by atoms with van der Waals surface area (Å²) in [5, 5.41) is 13.1. The maximum Gasteiger partial charge on any atom is 0.324 e. The highest BCUT2D eigenvalue weighted by Gasteiger charge is 2.74. The molecule has 326 valence electrons. The third kappa shape index (κ3) is 7.94. The van der Waals surface area contributed by atoms with E-state index in [1.165, 1.54) is 14.2 Å². The number of hydrogen-bond donors (Lipinski definition) is 2. The number of carbonyl (C=O) groups is 5. The molecule has 4 aromatic carbocycles. The van der Waals surface area contributed by atoms with Gasteiger partial charge in [-0.3, -0.25) is 28.9 Å². The number of amides is 2. The fourth-order valence-corrected chi connectivity index (χ4v) is 10.1. The number of esters is 3. The number of morpholine rings is 1. The van der Waals surface area contributed by atoms with Crippen LogP contribution in [0.25, 0.3) is 0 Å². The summed E-state index contributed by atoms with van der Waals surface area (Å²) >= 11 is 0. The summed E-state index contributed by atoms with van der Waals surface area (Å²) in [6.45, 7) is 0.599. The molecule has 2 amide bonds. The van der Waals surface area contributed by atoms with Crippen LogP contribution in [0.15, 0.2) is 103 Å². The van der Waals surface area contributed by atoms with Crippen molar-refractivity contribution in [1.29, 1.82) is 0 Å². The first-order valence-corrected chi connectivity index (χ1v) is 21.5. The lowest BCUT2D eigenvalue weighted by Crippen LogP contribution is -2.55. The predicted molar refractivity (Wildman–Crippen MR) is 231 cm³/mol. The average Bonchev–Trinajstić information content (AvgIpc) is 3.78. The first-order chi connectivity index (χ1) is 30.7. The minimum absolute atomic E-state index is 0.0479. The van der Waals surface area contributed by atoms with Crippen LogP contribution in [-0.2, 0) is 43.6 Å². The number of nitrogens with zero attached hydrogens (tertiary/aromatic N) is 2. The van der Waals surface area contributed by atoms with Crippen LogP contribution in [0.3, 0.4) is 0 Å². The number of ether oxygens (including phenoxy) is 4. The molecule has 3 fully saturated rings. The minimum atomic E-state index is -1.78. The molecule has 6 unspecified atom stereocenters. The van der Waals surface area contributed by atoms with Gasteiger partial charge in [0.25, 0.3) is 0 Å². The van der Waals surface area contributed by atoms with E-state index in [-0.39, 0.29) is 25.5 Å². The Hall–Kier alpha value is -6.49. The summed E-state index contributed by atoms with van der Waals surface area (Å²) < 4.78 is 22.5. The lowest BCUT2D eigenvalue weighted by atomic mass is 9.64. The Morgan fingerprint density at radius 3 is 2.13 bits per heavy atom. The number of rotatable bonds is 10. The molecule has 3 saturated heterocycles. The van der Waals surface area contributed by atoms with E-state index in [0.717, 1.165) is 43.2 Å². The second kappa shape index (κ2) is 18.9. The Bertz CT molecular complexity index is 2390. The Morgan fingerprint density at radius 1 is 0.825 bits per heavy atom. The molecular weight excluding hydrogens is 803 g/mol. The number of para-hydroxylation sites is 1. The summed E-state index contributed by atoms with van der Waals surface area (Å²) in [6.07, 6.45) is 3.45. The predicted octanol–water partition coefficient (Wildman–Crippen LogP) is 5.83. The molecule has 13 heteroatoms. The number of anilines is 1. The molecule has 8 rings (SSSR count). The number of aliphatic hydroxyl groups excluding tert-OH is 1. The van der Waals surface area contributed by atoms with Crippen molar-refractivity contribution in [3.63, 3.8) is 0 Å². The first-order valence-electron chi connectivity index (χ1n) is 21.5. The molecule has 4 aliphatic rings. The van der Waals surface area contributed by atoms with Gasteiger partial charge in [-0.05, 0) is 53.8 Å². The van der Waals surface area contributed by atoms with Crippen molar-refractivity contribution in [1.82, 2.24) is 9.80 Å². The number of benzene rings is 4. The van der Waals surface area contributed by atoms with E-state index < -0.39 is 65.3 Å². The molecule has 6 atom stereocenters. The fraction of sp³-hybridized carbons (Fsp3) is 0.380. The Kier molecular flexibility index (Phi) is 12.9. The number of cyclic esters (lactones) is 1. The summed E-state index contributed by atoms with van der Waals surface area (Å²) in [5.74, 6) is 0.809. The zero-order valence-corrected chi connectivity index (χ0v) is 35.4. The number of carbonyl (C=O) groups excluding carboxylic acids is 5. The number of nitrogens with one attached hydrogen (secondary N) is 1. The van der Waals surface area contributed by atoms with E-state index >= 15 is 14.4 Å². The van der Waals surface area contributed by atoms with E-state index in [1.807, 2.05) is 82.6 Å². The summed E-state index contributed by atoms with van der Waals surface area (Å²) in [6, 6.07) is 28.6. The van der Waals surface area contributed by atoms with Crippen LogP contribution < -0.4 is 10.1 Å². The van der Waals surface area contributed by atoms with Gasteiger partial charge in [0.15, 0.2) is 5.92 Å². The van der Waals surface area contributed by atoms with E-state index in [0.29, 0.717) is 41.2 Å². The topological polar surface area (TPSA) is 161 Å². The summed E-state index contributed by atoms with van der Waals surface area (Å²) in [7, 11) is 2.36. The van der Waals surface area contributed by atoms with Crippen LogP contribution in [0.4, 0.5) is 5.69 Å². The highest BCUT2D eigenvalue weighted by Crippen LogP contribution is 2.66. The van der Waals surface area contributed by atoms with Gasteiger partial charge in [-0.1, -0.05) is 110 Å². The maximum atomic E-state index is 15.9. The third-order valence-electron chi connectivity index (χ3n) is 12.8. The second-order valence-electron chi connectivity index (χ2n) is 16.3. The van der Waals surface area contributed by atoms with Crippen LogP contribution in [0.5, 0.6) is 5.75 Å². The molecular formula is C50H51N3O10. The summed E-state index contributed by atoms with van der Waals surface area (Å²) in [5.41, 5.74) is 1.64. The molecule has 2 N–H and O–H groups in total. The molecule has 13 nitrogen and oxygen atoms in total. The molecule has 0 bridgehead atoms. The average molecular weight is 854 g/mol. The molecule has 4 aliphatic heterocycles. The number of fused-ring (bicyclic) bond motifs is 3. The van der Waals surface area contributed by atoms with Gasteiger partial charge in [-0.2, -0.15) is 0 Å². The SMILES string of the molecule is COC(=O)C(CC#Cc1ccc2c(c1)C1(C(=O)N2)C(C(=O)N2CCCCCCC2)C2C(=O)OC(c3ccccc3)C(c3ccccc3)N2C1c1ccccc1OCCO)C(=O)OC. The monoisotopic (exact) mass is 853 g/mol. The summed E-state index contributed by atoms with van der Waals surface area (Å²) in [4.78, 5) is 75.6. The van der Waals surface area contributed by atoms with E-state index in [1.54, 1.807) is 30.3 Å². The van der Waals surface area contributed by atoms with Crippen molar-refractivity contribution in [2.24, 2.45) is 11.8 Å². The number of methoxy groups -OCH3 is 2. The zero-order chi connectivity index (χ0) is 44.1. The minimum Gasteiger partial charge on any atom is -0.491 e. The normalized spacial score (nSPS) is 24.2. The van der Waals surface area contributed by atoms with Crippen molar-refractivity contribution < 1.29 is 48.0 Å². The zero-order valence-electron chi connectivity index (χ0n) is 35.4. The highest BCUT2D eigenvalue weighted by atomic mass is 16.6. The Labute approximate surface area is 366 Å². The number of likely N-dealkylation sites (tertiary alicyclic amines) is 1. The van der Waals surface area contributed by atoms with Gasteiger partial charge in [-0.15, -0.1) is 0 Å². The van der Waals surface area contributed by atoms with Crippen LogP contribution in [0.1, 0.15) is 84.5 Å². The van der Waals surface area contributed by atoms with Crippen LogP contribution in [0, 0.1) is 23.7 Å². The molecule has 0 saturated carbocycles. The standard InChI is InChI=1S/C50H51N3O10/c1-60-46(56)36(47(57)61-2)23-16-17-32-25-26-38-37(31-32)50(49(59)51-38)40(45(55)52-27-14-4-3-5-15-28-52)42-48(58)63-43(34-20-10-7-11-21-34)41(33-18-8-6-9-19-33)53(42)44(50)35-22-12-13-24-39(35)62-30-29-54/h6-13,18-22,24-26,31,36,40-44,54H,3-5,14-15,23,27-30H2,1-2H3,(H,51,59). The molecule has 4 heterocycles. The molecule has 0 aliphatic carbocycles. The molecule has 0 radical (unpaired) electrons. The van der Waals surface area contributed by atoms with Crippen LogP contribution in [0.2, 0.25) is 0 Å². The molecule has 63 heavy (non-hydrogen) atoms. The van der Waals surface area contributed by atoms with E-state index in [2.05, 4.69) is 17.2 Å². The third-order valence-corrected chi connectivity index (χ3v) is 12.8. The molecule has 4 aromatic rings. The molecule has 0 aromatic heterocycles. The maximum absolute atomic E-state index is 15.9. The number of hydrogen-bond acceptors (Lipinski definition) is 11. The number of aliphatic hydroxyl groups is 1. The van der Waals surface area contributed by atoms with Crippen molar-refractivity contribution in [3.05, 3.63) is 131 Å². The molecule has 1 spiro atoms. The van der Waals surface area contributed by atoms with Gasteiger partial charge in [-0.25, -0.2) is 0 Å². The van der Waals surface area contributed by atoms with Gasteiger partial charge in [0.05, 0.1) is 38.8 Å². The van der Waals surface area contributed by atoms with Gasteiger partial charge in [0.2, 0.25) is 11.8 Å². The van der Waals surface area contributed by atoms with Crippen LogP contribution in [-0.4, -0.2) is 91.2 Å². The first kappa shape index (κ1) is 43.2. The van der Waals surface area contributed by atoms with Crippen molar-refractivity contribution >= 4 is 35.4 Å². The Morgan fingerprint density at radius 2 is 1.46 bits per heavy atom. The van der Waals surface area contributed by atoms with Crippen LogP contribution >= 0.6 is 0 Å². The highest BCUT2D eigenvalue weighted by molar-refractivity contribution is 6.12. The van der Waals surface area contributed by atoms with Gasteiger partial charge in [0, 0.05) is 36.3 Å². The van der Waals surface area contributed by atoms with Crippen molar-refractivity contribution in [2.75, 3.05) is 45.8 Å². The second-order valence-corrected chi connectivity index (χ2v) is 16.3. The van der Waals surface area contributed by atoms with E-state index in [9.17, 15) is 14.7 Å². The quantitative estimate of drug-likeness (QED) is 0.0856. The van der Waals surface area contributed by atoms with Crippen molar-refractivity contribution in [2.45, 2.75) is 68.2 Å². The fourth-order valence-electron chi connectivity index (χ4n) is 10.1. The lowest BCUT2D eigenvalue weighted by molar-refractivity contribution is -0.179. The Balaban J connectivity index is 1.40. The smallest absolute Gasteiger partial charge is 0.324 e. The van der Waals surface area contributed by atoms with E-state index in [4.69, 9.17) is 18.9 Å². The largest absolute Gasteiger partial charge is 0.491 e.